The van der Waals surface area contributed by atoms with Crippen LogP contribution < -0.4 is 10.6 Å². The molecule has 2 fully saturated rings. The zero-order valence-electron chi connectivity index (χ0n) is 17.0. The number of hydrogen-bond acceptors (Lipinski definition) is 2. The van der Waals surface area contributed by atoms with Crippen LogP contribution in [-0.4, -0.2) is 35.4 Å². The number of hydrogen-bond donors (Lipinski definition) is 2. The lowest BCUT2D eigenvalue weighted by atomic mass is 9.86. The summed E-state index contributed by atoms with van der Waals surface area (Å²) in [5, 5.41) is 11.6. The fraction of sp³-hybridized carbons (Fsp3) is 0.800. The molecular weight excluding hydrogens is 437 g/mol. The number of aliphatic imine (C=N–C) groups is 1. The summed E-state index contributed by atoms with van der Waals surface area (Å²) in [4.78, 5) is 4.41. The molecule has 0 aliphatic heterocycles. The minimum atomic E-state index is 0. The highest BCUT2D eigenvalue weighted by Gasteiger charge is 2.38. The Labute approximate surface area is 175 Å². The number of fused-ring (bicyclic) bond motifs is 2. The molecule has 2 aliphatic carbocycles. The lowest BCUT2D eigenvalue weighted by Gasteiger charge is -2.23. The number of aromatic nitrogens is 2. The van der Waals surface area contributed by atoms with Gasteiger partial charge in [-0.05, 0) is 76.2 Å². The Bertz CT molecular complexity index is 624. The van der Waals surface area contributed by atoms with Crippen molar-refractivity contribution in [2.75, 3.05) is 13.6 Å². The average molecular weight is 473 g/mol. The number of halogens is 1. The minimum Gasteiger partial charge on any atom is -0.356 e. The van der Waals surface area contributed by atoms with Gasteiger partial charge >= 0.3 is 0 Å². The van der Waals surface area contributed by atoms with Crippen LogP contribution in [0, 0.1) is 31.6 Å². The van der Waals surface area contributed by atoms with E-state index >= 15 is 0 Å². The van der Waals surface area contributed by atoms with Gasteiger partial charge in [-0.25, -0.2) is 0 Å². The molecule has 0 radical (unpaired) electrons. The van der Waals surface area contributed by atoms with Gasteiger partial charge in [0, 0.05) is 32.4 Å². The highest BCUT2D eigenvalue weighted by Crippen LogP contribution is 2.49. The van der Waals surface area contributed by atoms with Crippen molar-refractivity contribution in [1.82, 2.24) is 20.4 Å². The van der Waals surface area contributed by atoms with E-state index in [1.807, 2.05) is 18.8 Å². The summed E-state index contributed by atoms with van der Waals surface area (Å²) in [6, 6.07) is 0.329. The Balaban J connectivity index is 0.00000243. The first-order valence-electron chi connectivity index (χ1n) is 9.94. The molecule has 148 valence electrons. The lowest BCUT2D eigenvalue weighted by molar-refractivity contribution is 0.315. The Morgan fingerprint density at radius 2 is 2.08 bits per heavy atom. The molecule has 2 aliphatic rings. The minimum absolute atomic E-state index is 0. The predicted molar refractivity (Wildman–Crippen MR) is 119 cm³/mol. The van der Waals surface area contributed by atoms with Gasteiger partial charge in [0.2, 0.25) is 0 Å². The van der Waals surface area contributed by atoms with Crippen LogP contribution >= 0.6 is 24.0 Å². The summed E-state index contributed by atoms with van der Waals surface area (Å²) >= 11 is 0. The molecule has 0 amide bonds. The average Bonchev–Trinajstić information content (AvgIpc) is 3.26. The van der Waals surface area contributed by atoms with Crippen molar-refractivity contribution in [1.29, 1.82) is 0 Å². The molecule has 2 saturated carbocycles. The highest BCUT2D eigenvalue weighted by atomic mass is 127. The van der Waals surface area contributed by atoms with Crippen molar-refractivity contribution in [3.05, 3.63) is 17.0 Å². The molecule has 3 rings (SSSR count). The third-order valence-corrected chi connectivity index (χ3v) is 6.47. The summed E-state index contributed by atoms with van der Waals surface area (Å²) in [6.45, 7) is 7.49. The molecule has 2 N–H and O–H groups in total. The molecule has 0 saturated heterocycles. The monoisotopic (exact) mass is 473 g/mol. The third-order valence-electron chi connectivity index (χ3n) is 6.47. The van der Waals surface area contributed by atoms with E-state index in [-0.39, 0.29) is 24.0 Å². The molecule has 4 atom stereocenters. The summed E-state index contributed by atoms with van der Waals surface area (Å²) in [5.74, 6) is 3.92. The Hall–Kier alpha value is -0.790. The van der Waals surface area contributed by atoms with Crippen LogP contribution in [0.2, 0.25) is 0 Å². The van der Waals surface area contributed by atoms with Gasteiger partial charge in [0.1, 0.15) is 0 Å². The highest BCUT2D eigenvalue weighted by molar-refractivity contribution is 14.0. The van der Waals surface area contributed by atoms with Crippen LogP contribution in [0.25, 0.3) is 0 Å². The zero-order chi connectivity index (χ0) is 18.0. The van der Waals surface area contributed by atoms with Crippen LogP contribution in [-0.2, 0) is 13.5 Å². The van der Waals surface area contributed by atoms with Crippen molar-refractivity contribution in [3.63, 3.8) is 0 Å². The smallest absolute Gasteiger partial charge is 0.191 e. The molecule has 1 heterocycles. The standard InChI is InChI=1S/C20H35N5.HI/c1-13(10-19-14(2)24-25(5)15(19)3)23-20(21-4)22-9-8-18-12-16-6-7-17(18)11-16;/h13,16-18H,6-12H2,1-5H3,(H2,21,22,23);1H. The number of rotatable bonds is 6. The largest absolute Gasteiger partial charge is 0.356 e. The van der Waals surface area contributed by atoms with Crippen LogP contribution in [0.3, 0.4) is 0 Å². The quantitative estimate of drug-likeness (QED) is 0.377. The Morgan fingerprint density at radius 3 is 2.62 bits per heavy atom. The van der Waals surface area contributed by atoms with E-state index in [0.717, 1.165) is 42.4 Å². The normalized spacial score (nSPS) is 25.9. The van der Waals surface area contributed by atoms with Gasteiger partial charge in [0.25, 0.3) is 0 Å². The van der Waals surface area contributed by atoms with Gasteiger partial charge < -0.3 is 10.6 Å². The molecule has 0 spiro atoms. The predicted octanol–water partition coefficient (Wildman–Crippen LogP) is 3.58. The number of aryl methyl sites for hydroxylation is 2. The van der Waals surface area contributed by atoms with Gasteiger partial charge in [-0.2, -0.15) is 5.10 Å². The van der Waals surface area contributed by atoms with E-state index < -0.39 is 0 Å². The van der Waals surface area contributed by atoms with Gasteiger partial charge in [-0.1, -0.05) is 6.42 Å². The third kappa shape index (κ3) is 4.93. The molecule has 26 heavy (non-hydrogen) atoms. The van der Waals surface area contributed by atoms with Crippen LogP contribution in [0.1, 0.15) is 56.0 Å². The number of guanidine groups is 1. The Morgan fingerprint density at radius 1 is 1.31 bits per heavy atom. The van der Waals surface area contributed by atoms with E-state index in [1.165, 1.54) is 43.4 Å². The molecule has 1 aromatic rings. The SMILES string of the molecule is CN=C(NCCC1CC2CCC1C2)NC(C)Cc1c(C)nn(C)c1C.I. The van der Waals surface area contributed by atoms with Gasteiger partial charge in [0.15, 0.2) is 5.96 Å². The molecule has 1 aromatic heterocycles. The maximum Gasteiger partial charge on any atom is 0.191 e. The van der Waals surface area contributed by atoms with E-state index in [1.54, 1.807) is 0 Å². The fourth-order valence-electron chi connectivity index (χ4n) is 5.00. The Kier molecular flexibility index (Phi) is 7.79. The van der Waals surface area contributed by atoms with E-state index in [4.69, 9.17) is 0 Å². The maximum atomic E-state index is 4.52. The zero-order valence-corrected chi connectivity index (χ0v) is 19.3. The topological polar surface area (TPSA) is 54.2 Å². The second-order valence-electron chi connectivity index (χ2n) is 8.25. The van der Waals surface area contributed by atoms with E-state index in [9.17, 15) is 0 Å². The molecule has 2 bridgehead atoms. The van der Waals surface area contributed by atoms with Gasteiger partial charge in [-0.3, -0.25) is 9.67 Å². The summed E-state index contributed by atoms with van der Waals surface area (Å²) in [7, 11) is 3.88. The van der Waals surface area contributed by atoms with Gasteiger partial charge in [-0.15, -0.1) is 24.0 Å². The fourth-order valence-corrected chi connectivity index (χ4v) is 5.00. The number of nitrogens with one attached hydrogen (secondary N) is 2. The molecule has 4 unspecified atom stereocenters. The first-order chi connectivity index (χ1) is 12.0. The number of nitrogens with zero attached hydrogens (tertiary/aromatic N) is 3. The van der Waals surface area contributed by atoms with Crippen LogP contribution in [0.4, 0.5) is 0 Å². The first kappa shape index (κ1) is 21.5. The molecule has 0 aromatic carbocycles. The second kappa shape index (κ2) is 9.42. The van der Waals surface area contributed by atoms with Crippen molar-refractivity contribution in [2.24, 2.45) is 29.8 Å². The molecular formula is C20H36IN5. The maximum absolute atomic E-state index is 4.52. The van der Waals surface area contributed by atoms with E-state index in [0.29, 0.717) is 6.04 Å². The van der Waals surface area contributed by atoms with Crippen molar-refractivity contribution in [3.8, 4) is 0 Å². The molecule has 5 nitrogen and oxygen atoms in total. The van der Waals surface area contributed by atoms with Crippen molar-refractivity contribution in [2.45, 2.75) is 65.3 Å². The lowest BCUT2D eigenvalue weighted by Crippen LogP contribution is -2.43. The summed E-state index contributed by atoms with van der Waals surface area (Å²) in [5.41, 5.74) is 3.73. The first-order valence-corrected chi connectivity index (χ1v) is 9.94. The second-order valence-corrected chi connectivity index (χ2v) is 8.25. The van der Waals surface area contributed by atoms with Crippen molar-refractivity contribution < 1.29 is 0 Å². The van der Waals surface area contributed by atoms with Gasteiger partial charge in [0.05, 0.1) is 5.69 Å². The van der Waals surface area contributed by atoms with Crippen LogP contribution in [0.15, 0.2) is 4.99 Å². The van der Waals surface area contributed by atoms with Crippen LogP contribution in [0.5, 0.6) is 0 Å². The van der Waals surface area contributed by atoms with E-state index in [2.05, 4.69) is 41.5 Å². The summed E-state index contributed by atoms with van der Waals surface area (Å²) < 4.78 is 1.97. The van der Waals surface area contributed by atoms with Crippen molar-refractivity contribution >= 4 is 29.9 Å². The summed E-state index contributed by atoms with van der Waals surface area (Å²) in [6.07, 6.45) is 8.19. The molecule has 6 heteroatoms.